The van der Waals surface area contributed by atoms with E-state index in [0.29, 0.717) is 36.0 Å². The minimum atomic E-state index is -0.265. The number of carbonyl (C=O) groups excluding carboxylic acids is 1. The number of nitrogens with zero attached hydrogens (tertiary/aromatic N) is 2. The van der Waals surface area contributed by atoms with Crippen LogP contribution in [0.5, 0.6) is 0 Å². The van der Waals surface area contributed by atoms with Crippen LogP contribution in [0.1, 0.15) is 29.9 Å². The van der Waals surface area contributed by atoms with Gasteiger partial charge in [-0.3, -0.25) is 9.59 Å². The van der Waals surface area contributed by atoms with Gasteiger partial charge in [-0.25, -0.2) is 4.68 Å². The lowest BCUT2D eigenvalue weighted by atomic mass is 10.1. The molecule has 148 valence electrons. The molecule has 4 rings (SSSR count). The molecule has 0 unspecified atom stereocenters. The van der Waals surface area contributed by atoms with Gasteiger partial charge in [-0.15, -0.1) is 0 Å². The second-order valence-corrected chi connectivity index (χ2v) is 7.64. The number of para-hydroxylation sites is 1. The fraction of sp³-hybridized carbons (Fsp3) is 0.261. The lowest BCUT2D eigenvalue weighted by Gasteiger charge is -2.12. The number of H-pyrrole nitrogens is 1. The number of benzene rings is 2. The molecule has 0 saturated carbocycles. The average Bonchev–Trinajstić information content (AvgIpc) is 3.13. The highest BCUT2D eigenvalue weighted by Gasteiger charge is 2.17. The van der Waals surface area contributed by atoms with E-state index in [1.165, 1.54) is 4.68 Å². The molecule has 2 heterocycles. The lowest BCUT2D eigenvalue weighted by molar-refractivity contribution is 0.0948. The van der Waals surface area contributed by atoms with Crippen molar-refractivity contribution in [2.75, 3.05) is 6.54 Å². The van der Waals surface area contributed by atoms with Crippen molar-refractivity contribution in [3.8, 4) is 0 Å². The Morgan fingerprint density at radius 1 is 1.07 bits per heavy atom. The molecule has 0 spiro atoms. The first-order valence-electron chi connectivity index (χ1n) is 9.87. The van der Waals surface area contributed by atoms with Gasteiger partial charge < -0.3 is 10.3 Å². The number of hydrogen-bond acceptors (Lipinski definition) is 3. The van der Waals surface area contributed by atoms with Crippen molar-refractivity contribution in [2.24, 2.45) is 5.92 Å². The molecule has 6 nitrogen and oxygen atoms in total. The first-order valence-corrected chi connectivity index (χ1v) is 9.87. The van der Waals surface area contributed by atoms with E-state index in [2.05, 4.69) is 21.5 Å². The van der Waals surface area contributed by atoms with Gasteiger partial charge in [-0.1, -0.05) is 50.2 Å². The third-order valence-corrected chi connectivity index (χ3v) is 4.98. The molecule has 2 N–H and O–H groups in total. The second-order valence-electron chi connectivity index (χ2n) is 7.64. The number of aromatic amines is 1. The molecule has 0 saturated heterocycles. The molecule has 0 aliphatic carbocycles. The SMILES string of the molecule is CC(C)Cn1nc(C(=O)NCCc2c[nH]c3ccccc23)c2ccccc2c1=O. The summed E-state index contributed by atoms with van der Waals surface area (Å²) in [7, 11) is 0. The number of fused-ring (bicyclic) bond motifs is 2. The highest BCUT2D eigenvalue weighted by molar-refractivity contribution is 6.04. The van der Waals surface area contributed by atoms with Crippen LogP contribution in [0.3, 0.4) is 0 Å². The van der Waals surface area contributed by atoms with Gasteiger partial charge in [0.1, 0.15) is 0 Å². The second kappa shape index (κ2) is 7.91. The molecule has 29 heavy (non-hydrogen) atoms. The van der Waals surface area contributed by atoms with Crippen molar-refractivity contribution in [3.63, 3.8) is 0 Å². The van der Waals surface area contributed by atoms with Gasteiger partial charge in [-0.2, -0.15) is 5.10 Å². The minimum Gasteiger partial charge on any atom is -0.361 e. The monoisotopic (exact) mass is 388 g/mol. The largest absolute Gasteiger partial charge is 0.361 e. The van der Waals surface area contributed by atoms with Gasteiger partial charge in [0.2, 0.25) is 0 Å². The third-order valence-electron chi connectivity index (χ3n) is 4.98. The van der Waals surface area contributed by atoms with Crippen molar-refractivity contribution in [2.45, 2.75) is 26.8 Å². The summed E-state index contributed by atoms with van der Waals surface area (Å²) in [5.41, 5.74) is 2.37. The Morgan fingerprint density at radius 2 is 1.76 bits per heavy atom. The summed E-state index contributed by atoms with van der Waals surface area (Å²) in [5, 5.41) is 9.62. The summed E-state index contributed by atoms with van der Waals surface area (Å²) in [5.74, 6) is -0.0160. The molecule has 1 amide bonds. The quantitative estimate of drug-likeness (QED) is 0.530. The first kappa shape index (κ1) is 18.9. The molecule has 6 heteroatoms. The van der Waals surface area contributed by atoms with E-state index in [1.54, 1.807) is 12.1 Å². The molecular formula is C23H24N4O2. The zero-order chi connectivity index (χ0) is 20.4. The lowest BCUT2D eigenvalue weighted by Crippen LogP contribution is -2.32. The predicted octanol–water partition coefficient (Wildman–Crippen LogP) is 3.51. The van der Waals surface area contributed by atoms with Crippen LogP contribution in [0.15, 0.2) is 59.5 Å². The fourth-order valence-corrected chi connectivity index (χ4v) is 3.61. The van der Waals surface area contributed by atoms with E-state index in [4.69, 9.17) is 0 Å². The van der Waals surface area contributed by atoms with Crippen molar-refractivity contribution in [1.82, 2.24) is 20.1 Å². The Hall–Kier alpha value is -3.41. The molecule has 0 fully saturated rings. The van der Waals surface area contributed by atoms with E-state index in [-0.39, 0.29) is 17.4 Å². The number of aromatic nitrogens is 3. The topological polar surface area (TPSA) is 79.8 Å². The average molecular weight is 388 g/mol. The number of hydrogen-bond donors (Lipinski definition) is 2. The molecule has 0 bridgehead atoms. The van der Waals surface area contributed by atoms with Crippen LogP contribution in [0, 0.1) is 5.92 Å². The van der Waals surface area contributed by atoms with Crippen LogP contribution in [0.25, 0.3) is 21.7 Å². The summed E-state index contributed by atoms with van der Waals surface area (Å²) in [6, 6.07) is 15.3. The Kier molecular flexibility index (Phi) is 5.16. The Morgan fingerprint density at radius 3 is 2.52 bits per heavy atom. The van der Waals surface area contributed by atoms with Crippen LogP contribution in [0.2, 0.25) is 0 Å². The fourth-order valence-electron chi connectivity index (χ4n) is 3.61. The standard InChI is InChI=1S/C23H24N4O2/c1-15(2)14-27-23(29)19-9-4-3-8-18(19)21(26-27)22(28)24-12-11-16-13-25-20-10-6-5-7-17(16)20/h3-10,13,15,25H,11-12,14H2,1-2H3,(H,24,28). The zero-order valence-corrected chi connectivity index (χ0v) is 16.6. The van der Waals surface area contributed by atoms with Crippen molar-refractivity contribution in [3.05, 3.63) is 76.3 Å². The Labute approximate surface area is 168 Å². The van der Waals surface area contributed by atoms with Gasteiger partial charge in [0, 0.05) is 35.6 Å². The predicted molar refractivity (Wildman–Crippen MR) is 115 cm³/mol. The molecule has 0 aliphatic heterocycles. The van der Waals surface area contributed by atoms with Gasteiger partial charge >= 0.3 is 0 Å². The summed E-state index contributed by atoms with van der Waals surface area (Å²) >= 11 is 0. The summed E-state index contributed by atoms with van der Waals surface area (Å²) in [4.78, 5) is 28.9. The molecule has 2 aromatic carbocycles. The maximum Gasteiger partial charge on any atom is 0.274 e. The summed E-state index contributed by atoms with van der Waals surface area (Å²) < 4.78 is 1.40. The van der Waals surface area contributed by atoms with Crippen molar-refractivity contribution in [1.29, 1.82) is 0 Å². The highest BCUT2D eigenvalue weighted by atomic mass is 16.2. The molecule has 0 atom stereocenters. The van der Waals surface area contributed by atoms with E-state index in [0.717, 1.165) is 16.5 Å². The normalized spacial score (nSPS) is 11.4. The molecule has 2 aromatic heterocycles. The number of amides is 1. The van der Waals surface area contributed by atoms with E-state index in [9.17, 15) is 9.59 Å². The van der Waals surface area contributed by atoms with E-state index in [1.807, 2.05) is 50.4 Å². The number of rotatable bonds is 6. The van der Waals surface area contributed by atoms with Crippen LogP contribution in [-0.4, -0.2) is 27.2 Å². The Bertz CT molecular complexity index is 1240. The smallest absolute Gasteiger partial charge is 0.274 e. The van der Waals surface area contributed by atoms with Gasteiger partial charge in [0.05, 0.1) is 5.39 Å². The molecule has 0 aliphatic rings. The molecular weight excluding hydrogens is 364 g/mol. The van der Waals surface area contributed by atoms with E-state index >= 15 is 0 Å². The maximum atomic E-state index is 12.9. The molecule has 4 aromatic rings. The van der Waals surface area contributed by atoms with Crippen LogP contribution >= 0.6 is 0 Å². The minimum absolute atomic E-state index is 0.162. The summed E-state index contributed by atoms with van der Waals surface area (Å²) in [6.07, 6.45) is 2.69. The molecule has 0 radical (unpaired) electrons. The van der Waals surface area contributed by atoms with Crippen LogP contribution in [-0.2, 0) is 13.0 Å². The first-order chi connectivity index (χ1) is 14.0. The Balaban J connectivity index is 1.58. The highest BCUT2D eigenvalue weighted by Crippen LogP contribution is 2.18. The van der Waals surface area contributed by atoms with Gasteiger partial charge in [0.15, 0.2) is 5.69 Å². The summed E-state index contributed by atoms with van der Waals surface area (Å²) in [6.45, 7) is 4.99. The van der Waals surface area contributed by atoms with Crippen LogP contribution < -0.4 is 10.9 Å². The van der Waals surface area contributed by atoms with Gasteiger partial charge in [0.25, 0.3) is 11.5 Å². The number of nitrogens with one attached hydrogen (secondary N) is 2. The third kappa shape index (κ3) is 3.78. The van der Waals surface area contributed by atoms with Crippen molar-refractivity contribution >= 4 is 27.6 Å². The number of carbonyl (C=O) groups is 1. The maximum absolute atomic E-state index is 12.9. The van der Waals surface area contributed by atoms with E-state index < -0.39 is 0 Å². The zero-order valence-electron chi connectivity index (χ0n) is 16.6. The van der Waals surface area contributed by atoms with Gasteiger partial charge in [-0.05, 0) is 30.0 Å². The van der Waals surface area contributed by atoms with Crippen LogP contribution in [0.4, 0.5) is 0 Å². The van der Waals surface area contributed by atoms with Crippen molar-refractivity contribution < 1.29 is 4.79 Å².